The van der Waals surface area contributed by atoms with E-state index in [1.165, 1.54) is 6.07 Å². The average Bonchev–Trinajstić information content (AvgIpc) is 2.39. The van der Waals surface area contributed by atoms with Gasteiger partial charge in [0.25, 0.3) is 0 Å². The summed E-state index contributed by atoms with van der Waals surface area (Å²) in [6, 6.07) is 14.9. The molecule has 2 nitrogen and oxygen atoms in total. The van der Waals surface area contributed by atoms with Crippen molar-refractivity contribution in [2.24, 2.45) is 0 Å². The largest absolute Gasteiger partial charge is 0.378 e. The number of anilines is 2. The molecule has 0 aliphatic heterocycles. The molecule has 100 valence electrons. The van der Waals surface area contributed by atoms with Crippen molar-refractivity contribution >= 4 is 11.4 Å². The predicted molar refractivity (Wildman–Crippen MR) is 79.2 cm³/mol. The van der Waals surface area contributed by atoms with E-state index < -0.39 is 0 Å². The fourth-order valence-electron chi connectivity index (χ4n) is 1.98. The molecule has 0 aromatic heterocycles. The molecule has 2 rings (SSSR count). The average molecular weight is 258 g/mol. The number of rotatable bonds is 4. The molecule has 0 saturated carbocycles. The fourth-order valence-corrected chi connectivity index (χ4v) is 1.98. The van der Waals surface area contributed by atoms with Crippen LogP contribution in [0.3, 0.4) is 0 Å². The molecule has 2 aromatic carbocycles. The molecule has 1 N–H and O–H groups in total. The molecule has 0 fully saturated rings. The first-order valence-electron chi connectivity index (χ1n) is 6.35. The van der Waals surface area contributed by atoms with Crippen molar-refractivity contribution in [3.8, 4) is 0 Å². The Morgan fingerprint density at radius 1 is 1.05 bits per heavy atom. The van der Waals surface area contributed by atoms with Crippen molar-refractivity contribution in [3.05, 3.63) is 59.9 Å². The van der Waals surface area contributed by atoms with Crippen LogP contribution in [0.5, 0.6) is 0 Å². The van der Waals surface area contributed by atoms with E-state index in [0.717, 1.165) is 16.9 Å². The minimum absolute atomic E-state index is 0.0631. The Morgan fingerprint density at radius 2 is 1.79 bits per heavy atom. The molecule has 3 heteroatoms. The van der Waals surface area contributed by atoms with Gasteiger partial charge in [-0.05, 0) is 42.8 Å². The summed E-state index contributed by atoms with van der Waals surface area (Å²) >= 11 is 0. The standard InChI is InChI=1S/C16H19FN2/c1-12(13-6-4-7-14(17)10-13)18-15-8-5-9-16(11-15)19(2)3/h4-12,18H,1-3H3. The highest BCUT2D eigenvalue weighted by Gasteiger charge is 2.06. The van der Waals surface area contributed by atoms with Gasteiger partial charge < -0.3 is 10.2 Å². The molecule has 19 heavy (non-hydrogen) atoms. The third kappa shape index (κ3) is 3.47. The normalized spacial score (nSPS) is 12.0. The summed E-state index contributed by atoms with van der Waals surface area (Å²) in [7, 11) is 4.02. The van der Waals surface area contributed by atoms with E-state index in [-0.39, 0.29) is 11.9 Å². The van der Waals surface area contributed by atoms with E-state index in [1.807, 2.05) is 39.2 Å². The lowest BCUT2D eigenvalue weighted by molar-refractivity contribution is 0.623. The second-order valence-electron chi connectivity index (χ2n) is 4.87. The Labute approximate surface area is 113 Å². The number of halogens is 1. The van der Waals surface area contributed by atoms with Crippen LogP contribution in [0.4, 0.5) is 15.8 Å². The van der Waals surface area contributed by atoms with Crippen LogP contribution in [-0.2, 0) is 0 Å². The van der Waals surface area contributed by atoms with Crippen LogP contribution in [0.15, 0.2) is 48.5 Å². The topological polar surface area (TPSA) is 15.3 Å². The molecule has 1 unspecified atom stereocenters. The Kier molecular flexibility index (Phi) is 4.05. The smallest absolute Gasteiger partial charge is 0.123 e. The zero-order valence-corrected chi connectivity index (χ0v) is 11.5. The zero-order valence-electron chi connectivity index (χ0n) is 11.5. The second kappa shape index (κ2) is 5.74. The van der Waals surface area contributed by atoms with Gasteiger partial charge >= 0.3 is 0 Å². The van der Waals surface area contributed by atoms with Gasteiger partial charge in [-0.1, -0.05) is 18.2 Å². The van der Waals surface area contributed by atoms with Crippen molar-refractivity contribution in [2.75, 3.05) is 24.3 Å². The van der Waals surface area contributed by atoms with Crippen molar-refractivity contribution < 1.29 is 4.39 Å². The second-order valence-corrected chi connectivity index (χ2v) is 4.87. The van der Waals surface area contributed by atoms with Gasteiger partial charge in [-0.15, -0.1) is 0 Å². The summed E-state index contributed by atoms with van der Waals surface area (Å²) in [6.45, 7) is 2.02. The molecule has 0 saturated heterocycles. The van der Waals surface area contributed by atoms with Gasteiger partial charge in [-0.25, -0.2) is 4.39 Å². The monoisotopic (exact) mass is 258 g/mol. The summed E-state index contributed by atoms with van der Waals surface area (Å²) in [4.78, 5) is 2.05. The van der Waals surface area contributed by atoms with Crippen LogP contribution in [0.1, 0.15) is 18.5 Å². The SMILES string of the molecule is CC(Nc1cccc(N(C)C)c1)c1cccc(F)c1. The van der Waals surface area contributed by atoms with Gasteiger partial charge in [-0.3, -0.25) is 0 Å². The highest BCUT2D eigenvalue weighted by molar-refractivity contribution is 5.58. The first-order chi connectivity index (χ1) is 9.06. The maximum atomic E-state index is 13.2. The van der Waals surface area contributed by atoms with Crippen LogP contribution in [0.2, 0.25) is 0 Å². The van der Waals surface area contributed by atoms with Gasteiger partial charge in [0.1, 0.15) is 5.82 Å². The summed E-state index contributed by atoms with van der Waals surface area (Å²) in [6.07, 6.45) is 0. The number of hydrogen-bond acceptors (Lipinski definition) is 2. The number of nitrogens with one attached hydrogen (secondary N) is 1. The molecule has 0 bridgehead atoms. The van der Waals surface area contributed by atoms with E-state index in [0.29, 0.717) is 0 Å². The third-order valence-corrected chi connectivity index (χ3v) is 3.09. The maximum Gasteiger partial charge on any atom is 0.123 e. The molecule has 0 amide bonds. The van der Waals surface area contributed by atoms with E-state index >= 15 is 0 Å². The summed E-state index contributed by atoms with van der Waals surface area (Å²) in [5.41, 5.74) is 3.11. The van der Waals surface area contributed by atoms with Crippen molar-refractivity contribution in [3.63, 3.8) is 0 Å². The van der Waals surface area contributed by atoms with Crippen LogP contribution >= 0.6 is 0 Å². The number of hydrogen-bond donors (Lipinski definition) is 1. The summed E-state index contributed by atoms with van der Waals surface area (Å²) in [5, 5.41) is 3.39. The minimum Gasteiger partial charge on any atom is -0.378 e. The highest BCUT2D eigenvalue weighted by Crippen LogP contribution is 2.23. The highest BCUT2D eigenvalue weighted by atomic mass is 19.1. The van der Waals surface area contributed by atoms with Crippen LogP contribution in [0, 0.1) is 5.82 Å². The third-order valence-electron chi connectivity index (χ3n) is 3.09. The first kappa shape index (κ1) is 13.4. The Bertz CT molecular complexity index is 552. The first-order valence-corrected chi connectivity index (χ1v) is 6.35. The van der Waals surface area contributed by atoms with Crippen LogP contribution in [0.25, 0.3) is 0 Å². The van der Waals surface area contributed by atoms with E-state index in [1.54, 1.807) is 12.1 Å². The van der Waals surface area contributed by atoms with Crippen LogP contribution < -0.4 is 10.2 Å². The lowest BCUT2D eigenvalue weighted by Gasteiger charge is -2.18. The summed E-state index contributed by atoms with van der Waals surface area (Å²) in [5.74, 6) is -0.201. The number of benzene rings is 2. The molecule has 2 aromatic rings. The Balaban J connectivity index is 2.14. The molecule has 0 radical (unpaired) electrons. The fraction of sp³-hybridized carbons (Fsp3) is 0.250. The Morgan fingerprint density at radius 3 is 2.47 bits per heavy atom. The van der Waals surface area contributed by atoms with Gasteiger partial charge in [0.05, 0.1) is 0 Å². The maximum absolute atomic E-state index is 13.2. The molecule has 0 aliphatic rings. The van der Waals surface area contributed by atoms with Crippen molar-refractivity contribution in [2.45, 2.75) is 13.0 Å². The molecular formula is C16H19FN2. The molecule has 0 spiro atoms. The van der Waals surface area contributed by atoms with Crippen molar-refractivity contribution in [1.82, 2.24) is 0 Å². The van der Waals surface area contributed by atoms with E-state index in [4.69, 9.17) is 0 Å². The van der Waals surface area contributed by atoms with Gasteiger partial charge in [0.2, 0.25) is 0 Å². The molecule has 0 heterocycles. The lowest BCUT2D eigenvalue weighted by atomic mass is 10.1. The molecular weight excluding hydrogens is 239 g/mol. The minimum atomic E-state index is -0.201. The van der Waals surface area contributed by atoms with Crippen molar-refractivity contribution in [1.29, 1.82) is 0 Å². The Hall–Kier alpha value is -2.03. The molecule has 1 atom stereocenters. The zero-order chi connectivity index (χ0) is 13.8. The summed E-state index contributed by atoms with van der Waals surface area (Å²) < 4.78 is 13.2. The van der Waals surface area contributed by atoms with Gasteiger partial charge in [-0.2, -0.15) is 0 Å². The van der Waals surface area contributed by atoms with Crippen LogP contribution in [-0.4, -0.2) is 14.1 Å². The molecule has 0 aliphatic carbocycles. The van der Waals surface area contributed by atoms with Gasteiger partial charge in [0.15, 0.2) is 0 Å². The quantitative estimate of drug-likeness (QED) is 0.889. The van der Waals surface area contributed by atoms with E-state index in [9.17, 15) is 4.39 Å². The number of nitrogens with zero attached hydrogens (tertiary/aromatic N) is 1. The van der Waals surface area contributed by atoms with E-state index in [2.05, 4.69) is 22.3 Å². The van der Waals surface area contributed by atoms with Gasteiger partial charge in [0, 0.05) is 31.5 Å². The lowest BCUT2D eigenvalue weighted by Crippen LogP contribution is -2.10. The predicted octanol–water partition coefficient (Wildman–Crippen LogP) is 4.06.